The van der Waals surface area contributed by atoms with Gasteiger partial charge >= 0.3 is 0 Å². The number of methoxy groups -OCH3 is 1. The summed E-state index contributed by atoms with van der Waals surface area (Å²) in [6.07, 6.45) is 1.26. The Hall–Kier alpha value is -2.08. The second kappa shape index (κ2) is 5.05. The smallest absolute Gasteiger partial charge is 0.238 e. The molecule has 4 nitrogen and oxygen atoms in total. The molecule has 1 heterocycles. The minimum atomic E-state index is -1.44. The standard InChI is InChI=1S/C12H10F2N2O2/c1-18-12-10(15-4-5-16-12)11(17)8-6-7(13)2-3-9(8)14/h2-6,11,17H,1H3. The molecule has 18 heavy (non-hydrogen) atoms. The number of benzene rings is 1. The van der Waals surface area contributed by atoms with Crippen molar-refractivity contribution in [1.29, 1.82) is 0 Å². The van der Waals surface area contributed by atoms with Crippen molar-refractivity contribution < 1.29 is 18.6 Å². The minimum Gasteiger partial charge on any atom is -0.480 e. The normalized spacial score (nSPS) is 12.2. The van der Waals surface area contributed by atoms with Crippen LogP contribution in [0.25, 0.3) is 0 Å². The van der Waals surface area contributed by atoms with Crippen LogP contribution < -0.4 is 4.74 Å². The van der Waals surface area contributed by atoms with E-state index in [0.29, 0.717) is 0 Å². The fraction of sp³-hybridized carbons (Fsp3) is 0.167. The third-order valence-electron chi connectivity index (χ3n) is 2.40. The molecule has 0 bridgehead atoms. The van der Waals surface area contributed by atoms with Crippen LogP contribution in [0.4, 0.5) is 8.78 Å². The van der Waals surface area contributed by atoms with Crippen molar-refractivity contribution in [2.75, 3.05) is 7.11 Å². The van der Waals surface area contributed by atoms with E-state index >= 15 is 0 Å². The van der Waals surface area contributed by atoms with Crippen molar-refractivity contribution in [1.82, 2.24) is 9.97 Å². The Morgan fingerprint density at radius 3 is 2.67 bits per heavy atom. The third-order valence-corrected chi connectivity index (χ3v) is 2.40. The summed E-state index contributed by atoms with van der Waals surface area (Å²) in [6, 6.07) is 2.82. The molecule has 1 N–H and O–H groups in total. The number of rotatable bonds is 3. The summed E-state index contributed by atoms with van der Waals surface area (Å²) in [5, 5.41) is 10.0. The van der Waals surface area contributed by atoms with E-state index < -0.39 is 17.7 Å². The predicted molar refractivity (Wildman–Crippen MR) is 59.0 cm³/mol. The predicted octanol–water partition coefficient (Wildman–Crippen LogP) is 1.85. The van der Waals surface area contributed by atoms with Gasteiger partial charge in [-0.05, 0) is 18.2 Å². The van der Waals surface area contributed by atoms with Crippen LogP contribution in [0.1, 0.15) is 17.4 Å². The first-order valence-electron chi connectivity index (χ1n) is 5.11. The van der Waals surface area contributed by atoms with Gasteiger partial charge in [-0.3, -0.25) is 4.98 Å². The molecular weight excluding hydrogens is 242 g/mol. The molecule has 2 rings (SSSR count). The number of ether oxygens (including phenoxy) is 1. The molecule has 0 radical (unpaired) electrons. The van der Waals surface area contributed by atoms with Crippen LogP contribution >= 0.6 is 0 Å². The van der Waals surface area contributed by atoms with E-state index in [1.807, 2.05) is 0 Å². The third kappa shape index (κ3) is 2.28. The van der Waals surface area contributed by atoms with E-state index in [1.54, 1.807) is 0 Å². The Bertz CT molecular complexity index is 564. The Kier molecular flexibility index (Phi) is 3.47. The number of aliphatic hydroxyl groups is 1. The van der Waals surface area contributed by atoms with E-state index in [1.165, 1.54) is 19.5 Å². The van der Waals surface area contributed by atoms with Gasteiger partial charge < -0.3 is 9.84 Å². The minimum absolute atomic E-state index is 0.0319. The highest BCUT2D eigenvalue weighted by Gasteiger charge is 2.21. The van der Waals surface area contributed by atoms with Gasteiger partial charge in [-0.15, -0.1) is 0 Å². The molecular formula is C12H10F2N2O2. The van der Waals surface area contributed by atoms with Gasteiger partial charge in [0, 0.05) is 18.0 Å². The summed E-state index contributed by atoms with van der Waals surface area (Å²) < 4.78 is 31.5. The van der Waals surface area contributed by atoms with Gasteiger partial charge in [0.1, 0.15) is 23.4 Å². The van der Waals surface area contributed by atoms with Gasteiger partial charge in [-0.1, -0.05) is 0 Å². The van der Waals surface area contributed by atoms with Crippen LogP contribution in [0.2, 0.25) is 0 Å². The molecule has 0 saturated heterocycles. The van der Waals surface area contributed by atoms with E-state index in [4.69, 9.17) is 4.74 Å². The Morgan fingerprint density at radius 1 is 1.22 bits per heavy atom. The molecule has 0 fully saturated rings. The van der Waals surface area contributed by atoms with Crippen molar-refractivity contribution in [3.63, 3.8) is 0 Å². The molecule has 1 atom stereocenters. The van der Waals surface area contributed by atoms with Crippen molar-refractivity contribution in [2.24, 2.45) is 0 Å². The average molecular weight is 252 g/mol. The molecule has 0 spiro atoms. The first-order chi connectivity index (χ1) is 8.63. The number of hydrogen-bond donors (Lipinski definition) is 1. The quantitative estimate of drug-likeness (QED) is 0.905. The Morgan fingerprint density at radius 2 is 1.94 bits per heavy atom. The van der Waals surface area contributed by atoms with Crippen molar-refractivity contribution in [2.45, 2.75) is 6.10 Å². The average Bonchev–Trinajstić information content (AvgIpc) is 2.40. The second-order valence-corrected chi connectivity index (χ2v) is 3.52. The van der Waals surface area contributed by atoms with Gasteiger partial charge in [0.25, 0.3) is 0 Å². The van der Waals surface area contributed by atoms with Crippen molar-refractivity contribution >= 4 is 0 Å². The summed E-state index contributed by atoms with van der Waals surface area (Å²) in [4.78, 5) is 7.70. The number of nitrogens with zero attached hydrogens (tertiary/aromatic N) is 2. The lowest BCUT2D eigenvalue weighted by Crippen LogP contribution is -2.08. The number of aromatic nitrogens is 2. The molecule has 0 amide bonds. The lowest BCUT2D eigenvalue weighted by atomic mass is 10.1. The van der Waals surface area contributed by atoms with E-state index in [-0.39, 0.29) is 17.1 Å². The van der Waals surface area contributed by atoms with E-state index in [2.05, 4.69) is 9.97 Å². The molecule has 0 aliphatic rings. The topological polar surface area (TPSA) is 55.2 Å². The number of halogens is 2. The summed E-state index contributed by atoms with van der Waals surface area (Å²) in [5.41, 5.74) is -0.182. The fourth-order valence-corrected chi connectivity index (χ4v) is 1.55. The first kappa shape index (κ1) is 12.4. The Labute approximate surface area is 102 Å². The molecule has 6 heteroatoms. The maximum Gasteiger partial charge on any atom is 0.238 e. The highest BCUT2D eigenvalue weighted by atomic mass is 19.1. The highest BCUT2D eigenvalue weighted by molar-refractivity contribution is 5.32. The molecule has 0 aliphatic heterocycles. The maximum absolute atomic E-state index is 13.5. The van der Waals surface area contributed by atoms with E-state index in [9.17, 15) is 13.9 Å². The zero-order valence-electron chi connectivity index (χ0n) is 9.47. The van der Waals surface area contributed by atoms with Gasteiger partial charge in [-0.25, -0.2) is 13.8 Å². The molecule has 2 aromatic rings. The lowest BCUT2D eigenvalue weighted by molar-refractivity contribution is 0.202. The van der Waals surface area contributed by atoms with Crippen molar-refractivity contribution in [3.05, 3.63) is 53.5 Å². The summed E-state index contributed by atoms with van der Waals surface area (Å²) in [6.45, 7) is 0. The van der Waals surface area contributed by atoms with E-state index in [0.717, 1.165) is 18.2 Å². The van der Waals surface area contributed by atoms with Crippen LogP contribution in [-0.2, 0) is 0 Å². The monoisotopic (exact) mass is 252 g/mol. The second-order valence-electron chi connectivity index (χ2n) is 3.52. The Balaban J connectivity index is 2.47. The molecule has 0 aliphatic carbocycles. The summed E-state index contributed by atoms with van der Waals surface area (Å²) in [7, 11) is 1.35. The first-order valence-corrected chi connectivity index (χ1v) is 5.11. The van der Waals surface area contributed by atoms with Crippen LogP contribution in [-0.4, -0.2) is 22.2 Å². The van der Waals surface area contributed by atoms with Crippen LogP contribution in [0.15, 0.2) is 30.6 Å². The SMILES string of the molecule is COc1nccnc1C(O)c1cc(F)ccc1F. The molecule has 0 saturated carbocycles. The highest BCUT2D eigenvalue weighted by Crippen LogP contribution is 2.28. The zero-order valence-corrected chi connectivity index (χ0v) is 9.47. The van der Waals surface area contributed by atoms with Gasteiger partial charge in [0.05, 0.1) is 7.11 Å². The van der Waals surface area contributed by atoms with Crippen LogP contribution in [0.5, 0.6) is 5.88 Å². The van der Waals surface area contributed by atoms with Crippen molar-refractivity contribution in [3.8, 4) is 5.88 Å². The lowest BCUT2D eigenvalue weighted by Gasteiger charge is -2.13. The fourth-order valence-electron chi connectivity index (χ4n) is 1.55. The maximum atomic E-state index is 13.5. The largest absolute Gasteiger partial charge is 0.480 e. The molecule has 94 valence electrons. The summed E-state index contributed by atoms with van der Waals surface area (Å²) in [5.74, 6) is -1.31. The zero-order chi connectivity index (χ0) is 13.1. The van der Waals surface area contributed by atoms with Gasteiger partial charge in [-0.2, -0.15) is 0 Å². The number of aliphatic hydroxyl groups excluding tert-OH is 1. The number of hydrogen-bond acceptors (Lipinski definition) is 4. The van der Waals surface area contributed by atoms with Gasteiger partial charge in [0.15, 0.2) is 0 Å². The van der Waals surface area contributed by atoms with Gasteiger partial charge in [0.2, 0.25) is 5.88 Å². The molecule has 1 aromatic carbocycles. The van der Waals surface area contributed by atoms with Crippen LogP contribution in [0.3, 0.4) is 0 Å². The molecule has 1 aromatic heterocycles. The summed E-state index contributed by atoms with van der Waals surface area (Å²) >= 11 is 0. The van der Waals surface area contributed by atoms with Crippen LogP contribution in [0, 0.1) is 11.6 Å². The molecule has 1 unspecified atom stereocenters.